The average molecular weight is 403 g/mol. The Kier molecular flexibility index (Phi) is 5.51. The van der Waals surface area contributed by atoms with Crippen molar-refractivity contribution in [3.8, 4) is 0 Å². The van der Waals surface area contributed by atoms with Gasteiger partial charge in [-0.2, -0.15) is 0 Å². The van der Waals surface area contributed by atoms with Gasteiger partial charge in [0.1, 0.15) is 17.3 Å². The number of rotatable bonds is 6. The van der Waals surface area contributed by atoms with Gasteiger partial charge in [-0.3, -0.25) is 15.6 Å². The van der Waals surface area contributed by atoms with E-state index in [1.807, 2.05) is 24.3 Å². The molecule has 11 heteroatoms. The topological polar surface area (TPSA) is 63.2 Å². The van der Waals surface area contributed by atoms with Crippen molar-refractivity contribution in [1.29, 1.82) is 0 Å². The second-order valence-electron chi connectivity index (χ2n) is 5.19. The van der Waals surface area contributed by atoms with Gasteiger partial charge in [-0.05, 0) is 12.1 Å². The summed E-state index contributed by atoms with van der Waals surface area (Å²) in [6, 6.07) is 7.36. The molecule has 1 amide bonds. The third-order valence-corrected chi connectivity index (χ3v) is 4.34. The summed E-state index contributed by atoms with van der Waals surface area (Å²) in [5.74, 6) is -11.6. The van der Waals surface area contributed by atoms with Crippen molar-refractivity contribution >= 4 is 33.1 Å². The Morgan fingerprint density at radius 3 is 2.30 bits per heavy atom. The van der Waals surface area contributed by atoms with Crippen molar-refractivity contribution < 1.29 is 31.5 Å². The lowest BCUT2D eigenvalue weighted by atomic mass is 10.2. The van der Waals surface area contributed by atoms with Crippen LogP contribution in [0.15, 0.2) is 24.3 Å². The van der Waals surface area contributed by atoms with E-state index >= 15 is 0 Å². The Morgan fingerprint density at radius 2 is 1.63 bits per heavy atom. The minimum Gasteiger partial charge on any atom is -0.364 e. The van der Waals surface area contributed by atoms with Crippen LogP contribution < -0.4 is 10.9 Å². The number of hydrazine groups is 1. The number of hydrogen-bond acceptors (Lipinski definition) is 5. The monoisotopic (exact) mass is 403 g/mol. The van der Waals surface area contributed by atoms with Crippen LogP contribution in [0.1, 0.15) is 5.01 Å². The highest BCUT2D eigenvalue weighted by Crippen LogP contribution is 2.26. The fourth-order valence-electron chi connectivity index (χ4n) is 2.10. The number of nitrogens with zero attached hydrogens (tertiary/aromatic N) is 1. The van der Waals surface area contributed by atoms with E-state index in [1.54, 1.807) is 10.9 Å². The lowest BCUT2D eigenvalue weighted by Crippen LogP contribution is -2.33. The van der Waals surface area contributed by atoms with Crippen molar-refractivity contribution in [2.75, 3.05) is 12.0 Å². The number of thiazole rings is 1. The highest BCUT2D eigenvalue weighted by molar-refractivity contribution is 7.18. The first-order chi connectivity index (χ1) is 12.9. The molecule has 142 valence electrons. The molecule has 0 aliphatic carbocycles. The number of anilines is 1. The highest BCUT2D eigenvalue weighted by Gasteiger charge is 2.26. The van der Waals surface area contributed by atoms with Crippen LogP contribution in [0, 0.1) is 29.1 Å². The Hall–Kier alpha value is -2.79. The molecule has 0 radical (unpaired) electrons. The SMILES string of the molecule is O=C(COCc1nc2ccccc2s1)NNc1c(F)c(F)c(F)c(F)c1F. The molecule has 0 spiro atoms. The molecule has 3 rings (SSSR count). The van der Waals surface area contributed by atoms with E-state index in [0.29, 0.717) is 5.01 Å². The van der Waals surface area contributed by atoms with Gasteiger partial charge in [0.2, 0.25) is 5.82 Å². The molecular formula is C16H10F5N3O2S. The maximum atomic E-state index is 13.5. The van der Waals surface area contributed by atoms with E-state index in [0.717, 1.165) is 10.2 Å². The number of hydrogen-bond donors (Lipinski definition) is 2. The molecule has 0 aliphatic rings. The van der Waals surface area contributed by atoms with E-state index < -0.39 is 47.3 Å². The molecule has 0 aliphatic heterocycles. The third-order valence-electron chi connectivity index (χ3n) is 3.33. The number of para-hydroxylation sites is 1. The first-order valence-electron chi connectivity index (χ1n) is 7.37. The quantitative estimate of drug-likeness (QED) is 0.286. The van der Waals surface area contributed by atoms with E-state index in [9.17, 15) is 26.7 Å². The molecule has 0 unspecified atom stereocenters. The van der Waals surface area contributed by atoms with Crippen molar-refractivity contribution in [3.63, 3.8) is 0 Å². The van der Waals surface area contributed by atoms with Crippen molar-refractivity contribution in [1.82, 2.24) is 10.4 Å². The van der Waals surface area contributed by atoms with Gasteiger partial charge in [0, 0.05) is 0 Å². The zero-order valence-corrected chi connectivity index (χ0v) is 14.1. The Balaban J connectivity index is 1.54. The number of ether oxygens (including phenoxy) is 1. The summed E-state index contributed by atoms with van der Waals surface area (Å²) in [6.45, 7) is -0.520. The van der Waals surface area contributed by atoms with Crippen LogP contribution in [0.3, 0.4) is 0 Å². The van der Waals surface area contributed by atoms with Crippen molar-refractivity contribution in [2.24, 2.45) is 0 Å². The van der Waals surface area contributed by atoms with Gasteiger partial charge in [0.05, 0.1) is 16.8 Å². The molecule has 2 aromatic carbocycles. The zero-order valence-electron chi connectivity index (χ0n) is 13.3. The molecule has 0 saturated carbocycles. The van der Waals surface area contributed by atoms with E-state index in [1.165, 1.54) is 11.3 Å². The highest BCUT2D eigenvalue weighted by atomic mass is 32.1. The first-order valence-corrected chi connectivity index (χ1v) is 8.18. The van der Waals surface area contributed by atoms with Crippen LogP contribution >= 0.6 is 11.3 Å². The summed E-state index contributed by atoms with van der Waals surface area (Å²) in [5, 5.41) is 0.608. The molecule has 1 aromatic heterocycles. The largest absolute Gasteiger partial charge is 0.364 e. The molecule has 0 atom stereocenters. The predicted molar refractivity (Wildman–Crippen MR) is 87.3 cm³/mol. The van der Waals surface area contributed by atoms with Crippen molar-refractivity contribution in [2.45, 2.75) is 6.61 Å². The number of carbonyl (C=O) groups excluding carboxylic acids is 1. The minimum atomic E-state index is -2.29. The number of carbonyl (C=O) groups is 1. The molecule has 5 nitrogen and oxygen atoms in total. The second kappa shape index (κ2) is 7.84. The van der Waals surface area contributed by atoms with Gasteiger partial charge in [-0.15, -0.1) is 11.3 Å². The van der Waals surface area contributed by atoms with Gasteiger partial charge >= 0.3 is 0 Å². The second-order valence-corrected chi connectivity index (χ2v) is 6.30. The van der Waals surface area contributed by atoms with Crippen LogP contribution in [0.5, 0.6) is 0 Å². The van der Waals surface area contributed by atoms with E-state index in [4.69, 9.17) is 4.74 Å². The summed E-state index contributed by atoms with van der Waals surface area (Å²) in [7, 11) is 0. The Labute approximate surface area is 152 Å². The van der Waals surface area contributed by atoms with Crippen LogP contribution in [0.25, 0.3) is 10.2 Å². The number of amides is 1. The fourth-order valence-corrected chi connectivity index (χ4v) is 3.00. The minimum absolute atomic E-state index is 0.00922. The fraction of sp³-hybridized carbons (Fsp3) is 0.125. The number of nitrogens with one attached hydrogen (secondary N) is 2. The lowest BCUT2D eigenvalue weighted by Gasteiger charge is -2.11. The van der Waals surface area contributed by atoms with Gasteiger partial charge in [-0.1, -0.05) is 12.1 Å². The Morgan fingerprint density at radius 1 is 1.00 bits per heavy atom. The van der Waals surface area contributed by atoms with Gasteiger partial charge in [0.15, 0.2) is 23.3 Å². The van der Waals surface area contributed by atoms with Crippen molar-refractivity contribution in [3.05, 3.63) is 58.4 Å². The standard InChI is InChI=1S/C16H10F5N3O2S/c17-11-12(18)14(20)16(15(21)13(11)19)24-23-9(25)5-26-6-10-22-7-3-1-2-4-8(7)27-10/h1-4,24H,5-6H2,(H,23,25). The van der Waals surface area contributed by atoms with E-state index in [-0.39, 0.29) is 6.61 Å². The third kappa shape index (κ3) is 3.98. The molecule has 3 aromatic rings. The summed E-state index contributed by atoms with van der Waals surface area (Å²) in [6.07, 6.45) is 0. The summed E-state index contributed by atoms with van der Waals surface area (Å²) >= 11 is 1.37. The van der Waals surface area contributed by atoms with Crippen LogP contribution in [0.4, 0.5) is 27.6 Å². The normalized spacial score (nSPS) is 11.0. The smallest absolute Gasteiger partial charge is 0.264 e. The first kappa shape index (κ1) is 19.0. The molecule has 0 bridgehead atoms. The number of fused-ring (bicyclic) bond motifs is 1. The molecule has 1 heterocycles. The van der Waals surface area contributed by atoms with E-state index in [2.05, 4.69) is 4.98 Å². The van der Waals surface area contributed by atoms with Gasteiger partial charge in [0.25, 0.3) is 5.91 Å². The van der Waals surface area contributed by atoms with Gasteiger partial charge in [-0.25, -0.2) is 26.9 Å². The maximum Gasteiger partial charge on any atom is 0.264 e. The molecular weight excluding hydrogens is 393 g/mol. The number of aromatic nitrogens is 1. The van der Waals surface area contributed by atoms with Crippen LogP contribution in [-0.4, -0.2) is 17.5 Å². The number of benzene rings is 2. The number of halogens is 5. The Bertz CT molecular complexity index is 949. The van der Waals surface area contributed by atoms with Crippen LogP contribution in [-0.2, 0) is 16.1 Å². The summed E-state index contributed by atoms with van der Waals surface area (Å²) in [4.78, 5) is 15.9. The lowest BCUT2D eigenvalue weighted by molar-refractivity contribution is -0.125. The molecule has 0 saturated heterocycles. The summed E-state index contributed by atoms with van der Waals surface area (Å²) in [5.41, 5.74) is 2.88. The van der Waals surface area contributed by atoms with Gasteiger partial charge < -0.3 is 4.74 Å². The average Bonchev–Trinajstić information content (AvgIpc) is 3.07. The summed E-state index contributed by atoms with van der Waals surface area (Å²) < 4.78 is 72.0. The molecule has 0 fully saturated rings. The molecule has 27 heavy (non-hydrogen) atoms. The molecule has 2 N–H and O–H groups in total. The zero-order chi connectivity index (χ0) is 19.6. The maximum absolute atomic E-state index is 13.5. The van der Waals surface area contributed by atoms with Crippen LogP contribution in [0.2, 0.25) is 0 Å². The predicted octanol–water partition coefficient (Wildman–Crippen LogP) is 3.65.